The van der Waals surface area contributed by atoms with E-state index in [1.807, 2.05) is 0 Å². The smallest absolute Gasteiger partial charge is 0.210 e. The molecule has 0 heterocycles. The van der Waals surface area contributed by atoms with Gasteiger partial charge in [0, 0.05) is 0 Å². The molecule has 0 radical (unpaired) electrons. The number of hydrogen-bond acceptors (Lipinski definition) is 0. The maximum Gasteiger partial charge on any atom is 2.00 e. The Morgan fingerprint density at radius 1 is 0.519 bits per heavy atom. The summed E-state index contributed by atoms with van der Waals surface area (Å²) in [5.41, 5.74) is 8.28. The molecule has 0 saturated carbocycles. The van der Waals surface area contributed by atoms with E-state index >= 15 is 0 Å². The van der Waals surface area contributed by atoms with Gasteiger partial charge in [-0.2, -0.15) is 46.5 Å². The molecular weight excluding hydrogens is 404 g/mol. The van der Waals surface area contributed by atoms with Crippen LogP contribution in [0, 0.1) is 13.8 Å². The molecular formula is C26H26Zr. The summed E-state index contributed by atoms with van der Waals surface area (Å²) < 4.78 is 0. The topological polar surface area (TPSA) is 0 Å². The standard InChI is InChI=1S/2C13H13.Zr/c2*1-11-7-8-13(9-11)10-12-5-3-2-4-6-12;/h2*2-9H,10H2,1H3;/q2*-1;+2. The van der Waals surface area contributed by atoms with Crippen molar-refractivity contribution in [3.05, 3.63) is 130 Å². The molecule has 27 heavy (non-hydrogen) atoms. The van der Waals surface area contributed by atoms with Crippen LogP contribution < -0.4 is 0 Å². The van der Waals surface area contributed by atoms with Gasteiger partial charge in [-0.15, -0.1) is 0 Å². The Kier molecular flexibility index (Phi) is 8.69. The SMILES string of the molecule is C[c-]1ccc(Cc2ccccc2)c1.C[c-]1ccc(Cc2ccccc2)c1.[Zr+2]. The van der Waals surface area contributed by atoms with E-state index in [1.54, 1.807) is 0 Å². The molecule has 1 heteroatoms. The second-order valence-electron chi connectivity index (χ2n) is 6.92. The van der Waals surface area contributed by atoms with Gasteiger partial charge in [-0.1, -0.05) is 98.5 Å². The Bertz CT molecular complexity index is 820. The first-order chi connectivity index (χ1) is 12.7. The van der Waals surface area contributed by atoms with E-state index in [-0.39, 0.29) is 26.2 Å². The van der Waals surface area contributed by atoms with E-state index < -0.39 is 0 Å². The second kappa shape index (κ2) is 11.0. The molecule has 134 valence electrons. The van der Waals surface area contributed by atoms with Crippen LogP contribution >= 0.6 is 0 Å². The summed E-state index contributed by atoms with van der Waals surface area (Å²) in [4.78, 5) is 0. The van der Waals surface area contributed by atoms with Crippen LogP contribution in [-0.2, 0) is 39.0 Å². The Morgan fingerprint density at radius 2 is 0.889 bits per heavy atom. The minimum Gasteiger partial charge on any atom is -0.210 e. The van der Waals surface area contributed by atoms with Crippen LogP contribution in [0.5, 0.6) is 0 Å². The fourth-order valence-electron chi connectivity index (χ4n) is 3.14. The van der Waals surface area contributed by atoms with Crippen LogP contribution in [0.2, 0.25) is 0 Å². The van der Waals surface area contributed by atoms with E-state index in [4.69, 9.17) is 0 Å². The average Bonchev–Trinajstić information content (AvgIpc) is 3.25. The third-order valence-electron chi connectivity index (χ3n) is 4.45. The largest absolute Gasteiger partial charge is 2.00 e. The van der Waals surface area contributed by atoms with E-state index in [2.05, 4.69) is 111 Å². The molecule has 4 aromatic rings. The van der Waals surface area contributed by atoms with E-state index in [1.165, 1.54) is 33.4 Å². The van der Waals surface area contributed by atoms with Crippen molar-refractivity contribution in [2.75, 3.05) is 0 Å². The minimum atomic E-state index is 0. The molecule has 0 aliphatic rings. The Hall–Kier alpha value is -1.98. The first-order valence-electron chi connectivity index (χ1n) is 9.21. The van der Waals surface area contributed by atoms with Gasteiger partial charge in [0.05, 0.1) is 0 Å². The molecule has 0 aliphatic carbocycles. The normalized spacial score (nSPS) is 9.85. The van der Waals surface area contributed by atoms with Crippen molar-refractivity contribution in [1.82, 2.24) is 0 Å². The quantitative estimate of drug-likeness (QED) is 0.320. The first-order valence-corrected chi connectivity index (χ1v) is 9.21. The first kappa shape index (κ1) is 21.3. The van der Waals surface area contributed by atoms with Crippen LogP contribution in [0.3, 0.4) is 0 Å². The van der Waals surface area contributed by atoms with Crippen LogP contribution in [0.15, 0.2) is 97.1 Å². The molecule has 0 spiro atoms. The average molecular weight is 430 g/mol. The van der Waals surface area contributed by atoms with E-state index in [0.717, 1.165) is 12.8 Å². The molecule has 0 bridgehead atoms. The predicted octanol–water partition coefficient (Wildman–Crippen LogP) is 6.61. The molecule has 0 amide bonds. The zero-order chi connectivity index (χ0) is 18.2. The molecule has 0 nitrogen and oxygen atoms in total. The molecule has 4 rings (SSSR count). The summed E-state index contributed by atoms with van der Waals surface area (Å²) >= 11 is 0. The summed E-state index contributed by atoms with van der Waals surface area (Å²) in [6, 6.07) is 34.3. The molecule has 0 aliphatic heterocycles. The van der Waals surface area contributed by atoms with Crippen molar-refractivity contribution in [2.24, 2.45) is 0 Å². The van der Waals surface area contributed by atoms with Crippen molar-refractivity contribution in [3.63, 3.8) is 0 Å². The Morgan fingerprint density at radius 3 is 1.19 bits per heavy atom. The van der Waals surface area contributed by atoms with Crippen LogP contribution in [0.1, 0.15) is 33.4 Å². The third kappa shape index (κ3) is 7.27. The van der Waals surface area contributed by atoms with Gasteiger partial charge < -0.3 is 0 Å². The fraction of sp³-hybridized carbons (Fsp3) is 0.154. The molecule has 0 N–H and O–H groups in total. The van der Waals surface area contributed by atoms with Crippen LogP contribution in [0.4, 0.5) is 0 Å². The summed E-state index contributed by atoms with van der Waals surface area (Å²) in [5, 5.41) is 0. The van der Waals surface area contributed by atoms with Crippen LogP contribution in [0.25, 0.3) is 0 Å². The van der Waals surface area contributed by atoms with Gasteiger partial charge in [-0.25, -0.2) is 12.1 Å². The summed E-state index contributed by atoms with van der Waals surface area (Å²) in [5.74, 6) is 0. The minimum absolute atomic E-state index is 0. The maximum absolute atomic E-state index is 2.24. The number of hydrogen-bond donors (Lipinski definition) is 0. The van der Waals surface area contributed by atoms with Crippen LogP contribution in [-0.4, -0.2) is 0 Å². The Balaban J connectivity index is 0.000000187. The molecule has 0 saturated heterocycles. The summed E-state index contributed by atoms with van der Waals surface area (Å²) in [7, 11) is 0. The van der Waals surface area contributed by atoms with Gasteiger partial charge in [-0.05, 0) is 0 Å². The molecule has 0 fully saturated rings. The van der Waals surface area contributed by atoms with Crippen molar-refractivity contribution >= 4 is 0 Å². The van der Waals surface area contributed by atoms with Gasteiger partial charge in [0.2, 0.25) is 0 Å². The summed E-state index contributed by atoms with van der Waals surface area (Å²) in [6.45, 7) is 4.27. The summed E-state index contributed by atoms with van der Waals surface area (Å²) in [6.07, 6.45) is 2.10. The number of rotatable bonds is 4. The zero-order valence-corrected chi connectivity index (χ0v) is 18.6. The van der Waals surface area contributed by atoms with Gasteiger partial charge >= 0.3 is 26.2 Å². The van der Waals surface area contributed by atoms with Crippen molar-refractivity contribution in [2.45, 2.75) is 26.7 Å². The number of aryl methyl sites for hydroxylation is 2. The Labute approximate surface area is 182 Å². The monoisotopic (exact) mass is 428 g/mol. The number of benzene rings is 2. The molecule has 0 atom stereocenters. The van der Waals surface area contributed by atoms with Gasteiger partial charge in [0.25, 0.3) is 0 Å². The van der Waals surface area contributed by atoms with Crippen molar-refractivity contribution in [3.8, 4) is 0 Å². The van der Waals surface area contributed by atoms with E-state index in [9.17, 15) is 0 Å². The van der Waals surface area contributed by atoms with Gasteiger partial charge in [0.15, 0.2) is 0 Å². The van der Waals surface area contributed by atoms with Gasteiger partial charge in [0.1, 0.15) is 0 Å². The third-order valence-corrected chi connectivity index (χ3v) is 4.45. The van der Waals surface area contributed by atoms with Gasteiger partial charge in [-0.3, -0.25) is 0 Å². The fourth-order valence-corrected chi connectivity index (χ4v) is 3.14. The van der Waals surface area contributed by atoms with Crippen molar-refractivity contribution < 1.29 is 26.2 Å². The molecule has 4 aromatic carbocycles. The second-order valence-corrected chi connectivity index (χ2v) is 6.92. The maximum atomic E-state index is 2.24. The molecule has 0 unspecified atom stereocenters. The van der Waals surface area contributed by atoms with Crippen molar-refractivity contribution in [1.29, 1.82) is 0 Å². The molecule has 0 aromatic heterocycles. The van der Waals surface area contributed by atoms with E-state index in [0.29, 0.717) is 0 Å². The predicted molar refractivity (Wildman–Crippen MR) is 112 cm³/mol. The zero-order valence-electron chi connectivity index (χ0n) is 16.2.